The number of aldehydes is 1. The molecule has 0 saturated carbocycles. The minimum absolute atomic E-state index is 0.241. The van der Waals surface area contributed by atoms with Crippen molar-refractivity contribution in [1.82, 2.24) is 4.90 Å². The molecule has 1 unspecified atom stereocenters. The monoisotopic (exact) mass is 659 g/mol. The van der Waals surface area contributed by atoms with Gasteiger partial charge in [-0.1, -0.05) is 93.1 Å². The molecule has 1 heterocycles. The lowest BCUT2D eigenvalue weighted by Crippen LogP contribution is -2.54. The Hall–Kier alpha value is -3.72. The number of likely N-dealkylation sites (tertiary alicyclic amines) is 1. The minimum Gasteiger partial charge on any atom is -0.497 e. The average molecular weight is 660 g/mol. The van der Waals surface area contributed by atoms with E-state index in [1.165, 1.54) is 7.11 Å². The van der Waals surface area contributed by atoms with Crippen LogP contribution in [0.4, 0.5) is 0 Å². The predicted octanol–water partition coefficient (Wildman–Crippen LogP) is 7.09. The lowest BCUT2D eigenvalue weighted by atomic mass is 9.79. The number of aliphatic hydroxyl groups excluding tert-OH is 1. The average Bonchev–Trinajstić information content (AvgIpc) is 3.43. The lowest BCUT2D eigenvalue weighted by Gasteiger charge is -2.43. The van der Waals surface area contributed by atoms with Gasteiger partial charge in [0.1, 0.15) is 29.4 Å². The summed E-state index contributed by atoms with van der Waals surface area (Å²) in [7, 11) is 4.73. The molecular formula is C40H53NO7. The van der Waals surface area contributed by atoms with Crippen LogP contribution < -0.4 is 9.47 Å². The smallest absolute Gasteiger partial charge is 0.323 e. The number of esters is 1. The molecule has 260 valence electrons. The van der Waals surface area contributed by atoms with Crippen LogP contribution >= 0.6 is 0 Å². The molecule has 4 rings (SSSR count). The van der Waals surface area contributed by atoms with E-state index in [4.69, 9.17) is 18.9 Å². The Morgan fingerprint density at radius 1 is 0.833 bits per heavy atom. The molecule has 1 saturated heterocycles. The standard InChI is InChI=1S/C40H53NO7/c1-39(28-34(43)29-41(39)37(38(44)47-4)18-14-9-7-5-6-8-10-15-27-42)30-48-40(31-16-12-11-13-17-31,32-19-23-35(45-2)24-20-32)33-21-25-36(46-3)26-22-33/h11-13,16-17,19-27,34,37,43H,5-10,14-15,18,28-30H2,1-4H3/t34-,37?,39+/m1/s1. The van der Waals surface area contributed by atoms with E-state index in [1.54, 1.807) is 14.2 Å². The number of aliphatic hydroxyl groups is 1. The molecule has 0 aliphatic carbocycles. The number of carbonyl (C=O) groups excluding carboxylic acids is 2. The molecule has 0 bridgehead atoms. The molecule has 0 aromatic heterocycles. The summed E-state index contributed by atoms with van der Waals surface area (Å²) < 4.78 is 23.6. The molecule has 48 heavy (non-hydrogen) atoms. The zero-order valence-corrected chi connectivity index (χ0v) is 29.1. The Morgan fingerprint density at radius 2 is 1.35 bits per heavy atom. The molecule has 3 aromatic carbocycles. The van der Waals surface area contributed by atoms with Crippen molar-refractivity contribution in [3.8, 4) is 11.5 Å². The third-order valence-corrected chi connectivity index (χ3v) is 9.70. The quantitative estimate of drug-likeness (QED) is 0.0595. The van der Waals surface area contributed by atoms with Crippen molar-refractivity contribution in [3.05, 3.63) is 95.6 Å². The summed E-state index contributed by atoms with van der Waals surface area (Å²) >= 11 is 0. The number of hydrogen-bond donors (Lipinski definition) is 1. The maximum atomic E-state index is 13.3. The molecule has 1 N–H and O–H groups in total. The summed E-state index contributed by atoms with van der Waals surface area (Å²) in [6.07, 6.45) is 9.35. The van der Waals surface area contributed by atoms with Gasteiger partial charge in [-0.2, -0.15) is 0 Å². The Labute approximate surface area is 286 Å². The number of benzene rings is 3. The summed E-state index contributed by atoms with van der Waals surface area (Å²) in [5.74, 6) is 1.20. The van der Waals surface area contributed by atoms with Crippen molar-refractivity contribution < 1.29 is 33.6 Å². The molecule has 8 heteroatoms. The highest BCUT2D eigenvalue weighted by Crippen LogP contribution is 2.44. The highest BCUT2D eigenvalue weighted by atomic mass is 16.5. The Kier molecular flexibility index (Phi) is 14.0. The van der Waals surface area contributed by atoms with Gasteiger partial charge in [0.05, 0.1) is 34.0 Å². The molecular weight excluding hydrogens is 606 g/mol. The van der Waals surface area contributed by atoms with Crippen LogP contribution in [0.15, 0.2) is 78.9 Å². The number of carbonyl (C=O) groups is 2. The van der Waals surface area contributed by atoms with Crippen molar-refractivity contribution in [2.45, 2.75) is 94.4 Å². The van der Waals surface area contributed by atoms with E-state index in [0.717, 1.165) is 79.4 Å². The first-order valence-electron chi connectivity index (χ1n) is 17.3. The van der Waals surface area contributed by atoms with Gasteiger partial charge in [-0.15, -0.1) is 0 Å². The first kappa shape index (κ1) is 37.1. The third-order valence-electron chi connectivity index (χ3n) is 9.70. The third kappa shape index (κ3) is 9.04. The Balaban J connectivity index is 1.63. The van der Waals surface area contributed by atoms with Crippen LogP contribution in [0.2, 0.25) is 0 Å². The Bertz CT molecular complexity index is 1350. The van der Waals surface area contributed by atoms with Gasteiger partial charge in [-0.25, -0.2) is 0 Å². The van der Waals surface area contributed by atoms with E-state index in [2.05, 4.69) is 24.0 Å². The van der Waals surface area contributed by atoms with Gasteiger partial charge < -0.3 is 28.8 Å². The van der Waals surface area contributed by atoms with Gasteiger partial charge in [0.25, 0.3) is 0 Å². The van der Waals surface area contributed by atoms with Crippen LogP contribution in [0, 0.1) is 0 Å². The van der Waals surface area contributed by atoms with Crippen molar-refractivity contribution in [2.75, 3.05) is 34.5 Å². The molecule has 0 radical (unpaired) electrons. The number of methoxy groups -OCH3 is 3. The molecule has 1 aliphatic heterocycles. The van der Waals surface area contributed by atoms with Crippen LogP contribution in [0.5, 0.6) is 11.5 Å². The number of rotatable bonds is 20. The van der Waals surface area contributed by atoms with Crippen LogP contribution in [0.25, 0.3) is 0 Å². The normalized spacial score (nSPS) is 18.7. The number of hydrogen-bond acceptors (Lipinski definition) is 8. The number of unbranched alkanes of at least 4 members (excludes halogenated alkanes) is 7. The molecule has 3 atom stereocenters. The van der Waals surface area contributed by atoms with E-state index in [-0.39, 0.29) is 12.6 Å². The maximum absolute atomic E-state index is 13.3. The predicted molar refractivity (Wildman–Crippen MR) is 187 cm³/mol. The lowest BCUT2D eigenvalue weighted by molar-refractivity contribution is -0.151. The summed E-state index contributed by atoms with van der Waals surface area (Å²) in [6, 6.07) is 25.5. The van der Waals surface area contributed by atoms with Crippen molar-refractivity contribution in [2.24, 2.45) is 0 Å². The van der Waals surface area contributed by atoms with E-state index in [0.29, 0.717) is 25.8 Å². The van der Waals surface area contributed by atoms with Crippen LogP contribution in [0.1, 0.15) is 87.8 Å². The minimum atomic E-state index is -1.02. The fourth-order valence-corrected chi connectivity index (χ4v) is 7.11. The van der Waals surface area contributed by atoms with E-state index < -0.39 is 23.3 Å². The molecule has 1 fully saturated rings. The SMILES string of the molecule is COC(=O)C(CCCCCCCCCC=O)N1C[C@H](O)C[C@@]1(C)COC(c1ccccc1)(c1ccc(OC)cc1)c1ccc(OC)cc1. The van der Waals surface area contributed by atoms with Crippen LogP contribution in [-0.2, 0) is 24.7 Å². The van der Waals surface area contributed by atoms with Crippen LogP contribution in [0.3, 0.4) is 0 Å². The largest absolute Gasteiger partial charge is 0.497 e. The van der Waals surface area contributed by atoms with Gasteiger partial charge in [0.2, 0.25) is 0 Å². The molecule has 1 aliphatic rings. The summed E-state index contributed by atoms with van der Waals surface area (Å²) in [6.45, 7) is 2.68. The second kappa shape index (κ2) is 18.2. The van der Waals surface area contributed by atoms with E-state index in [9.17, 15) is 14.7 Å². The van der Waals surface area contributed by atoms with Crippen molar-refractivity contribution in [1.29, 1.82) is 0 Å². The Morgan fingerprint density at radius 3 is 1.88 bits per heavy atom. The van der Waals surface area contributed by atoms with Crippen LogP contribution in [-0.4, -0.2) is 74.4 Å². The number of ether oxygens (including phenoxy) is 4. The van der Waals surface area contributed by atoms with E-state index in [1.807, 2.05) is 66.7 Å². The molecule has 0 amide bonds. The zero-order chi connectivity index (χ0) is 34.4. The second-order valence-electron chi connectivity index (χ2n) is 13.1. The van der Waals surface area contributed by atoms with Gasteiger partial charge in [0.15, 0.2) is 0 Å². The fraction of sp³-hybridized carbons (Fsp3) is 0.500. The summed E-state index contributed by atoms with van der Waals surface area (Å²) in [5.41, 5.74) is 1.11. The highest BCUT2D eigenvalue weighted by Gasteiger charge is 2.49. The molecule has 3 aromatic rings. The number of nitrogens with zero attached hydrogens (tertiary/aromatic N) is 1. The molecule has 0 spiro atoms. The van der Waals surface area contributed by atoms with Gasteiger partial charge in [-0.3, -0.25) is 9.69 Å². The summed E-state index contributed by atoms with van der Waals surface area (Å²) in [5, 5.41) is 11.1. The highest BCUT2D eigenvalue weighted by molar-refractivity contribution is 5.75. The van der Waals surface area contributed by atoms with Gasteiger partial charge >= 0.3 is 5.97 Å². The van der Waals surface area contributed by atoms with E-state index >= 15 is 0 Å². The second-order valence-corrected chi connectivity index (χ2v) is 13.1. The number of β-amino-alcohol motifs (C(OH)–C–C–N with tert-alkyl or cyclic N) is 1. The fourth-order valence-electron chi connectivity index (χ4n) is 7.11. The van der Waals surface area contributed by atoms with Crippen molar-refractivity contribution >= 4 is 12.3 Å². The van der Waals surface area contributed by atoms with Gasteiger partial charge in [0, 0.05) is 18.5 Å². The molecule has 8 nitrogen and oxygen atoms in total. The first-order chi connectivity index (χ1) is 23.3. The topological polar surface area (TPSA) is 94.5 Å². The first-order valence-corrected chi connectivity index (χ1v) is 17.3. The van der Waals surface area contributed by atoms with Crippen molar-refractivity contribution in [3.63, 3.8) is 0 Å². The zero-order valence-electron chi connectivity index (χ0n) is 29.1. The summed E-state index contributed by atoms with van der Waals surface area (Å²) in [4.78, 5) is 26.0. The van der Waals surface area contributed by atoms with Gasteiger partial charge in [-0.05, 0) is 67.1 Å². The maximum Gasteiger partial charge on any atom is 0.323 e.